The van der Waals surface area contributed by atoms with Crippen LogP contribution in [-0.4, -0.2) is 29.7 Å². The van der Waals surface area contributed by atoms with Gasteiger partial charge in [0.2, 0.25) is 0 Å². The number of nitrogens with zero attached hydrogens (tertiary/aromatic N) is 2. The third-order valence-corrected chi connectivity index (χ3v) is 3.49. The molecule has 3 rings (SSSR count). The summed E-state index contributed by atoms with van der Waals surface area (Å²) in [5.41, 5.74) is 2.14. The summed E-state index contributed by atoms with van der Waals surface area (Å²) < 4.78 is 12.1. The Morgan fingerprint density at radius 3 is 2.92 bits per heavy atom. The van der Waals surface area contributed by atoms with E-state index in [0.717, 1.165) is 11.4 Å². The van der Waals surface area contributed by atoms with Gasteiger partial charge in [0.05, 0.1) is 18.8 Å². The zero-order valence-corrected chi connectivity index (χ0v) is 13.4. The van der Waals surface area contributed by atoms with Gasteiger partial charge in [0.1, 0.15) is 18.0 Å². The average molecular weight is 325 g/mol. The number of benzene rings is 1. The lowest BCUT2D eigenvalue weighted by Crippen LogP contribution is -2.16. The number of methoxy groups -OCH3 is 1. The highest BCUT2D eigenvalue weighted by molar-refractivity contribution is 5.48. The third-order valence-electron chi connectivity index (χ3n) is 3.49. The first kappa shape index (κ1) is 16.0. The van der Waals surface area contributed by atoms with Gasteiger partial charge in [0.15, 0.2) is 0 Å². The van der Waals surface area contributed by atoms with Gasteiger partial charge in [-0.25, -0.2) is 4.98 Å². The summed E-state index contributed by atoms with van der Waals surface area (Å²) in [6.45, 7) is 1.51. The molecule has 0 spiro atoms. The van der Waals surface area contributed by atoms with Crippen LogP contribution in [0.15, 0.2) is 59.5 Å². The van der Waals surface area contributed by atoms with Gasteiger partial charge in [-0.1, -0.05) is 12.1 Å². The van der Waals surface area contributed by atoms with E-state index in [2.05, 4.69) is 10.3 Å². The van der Waals surface area contributed by atoms with E-state index in [9.17, 15) is 4.79 Å². The number of nitrogens with one attached hydrogen (secondary N) is 1. The first-order chi connectivity index (χ1) is 11.8. The van der Waals surface area contributed by atoms with Crippen LogP contribution in [-0.2, 0) is 11.3 Å². The molecule has 0 aliphatic heterocycles. The van der Waals surface area contributed by atoms with Crippen molar-refractivity contribution in [2.24, 2.45) is 0 Å². The Kier molecular flexibility index (Phi) is 5.08. The van der Waals surface area contributed by atoms with Crippen molar-refractivity contribution in [2.45, 2.75) is 6.54 Å². The molecule has 0 bridgehead atoms. The van der Waals surface area contributed by atoms with E-state index in [4.69, 9.17) is 9.47 Å². The van der Waals surface area contributed by atoms with E-state index in [1.165, 1.54) is 4.40 Å². The average Bonchev–Trinajstić information content (AvgIpc) is 2.61. The summed E-state index contributed by atoms with van der Waals surface area (Å²) in [6.07, 6.45) is 1.71. The van der Waals surface area contributed by atoms with Gasteiger partial charge >= 0.3 is 0 Å². The molecule has 0 aliphatic rings. The van der Waals surface area contributed by atoms with Crippen LogP contribution in [0.2, 0.25) is 0 Å². The number of aromatic nitrogens is 2. The molecule has 1 N–H and O–H groups in total. The molecule has 6 heteroatoms. The SMILES string of the molecule is COCCOc1cccc(NCc2cc(=O)n3ccccc3n2)c1. The summed E-state index contributed by atoms with van der Waals surface area (Å²) in [4.78, 5) is 16.6. The van der Waals surface area contributed by atoms with Crippen molar-refractivity contribution in [3.05, 3.63) is 70.8 Å². The second-order valence-electron chi connectivity index (χ2n) is 5.24. The Balaban J connectivity index is 1.69. The van der Waals surface area contributed by atoms with Crippen molar-refractivity contribution in [3.63, 3.8) is 0 Å². The third kappa shape index (κ3) is 3.91. The zero-order chi connectivity index (χ0) is 16.8. The van der Waals surface area contributed by atoms with Gasteiger partial charge < -0.3 is 14.8 Å². The molecule has 0 aliphatic carbocycles. The molecule has 124 valence electrons. The van der Waals surface area contributed by atoms with Crippen molar-refractivity contribution in [3.8, 4) is 5.75 Å². The number of fused-ring (bicyclic) bond motifs is 1. The molecule has 0 amide bonds. The summed E-state index contributed by atoms with van der Waals surface area (Å²) in [6, 6.07) is 14.7. The molecule has 24 heavy (non-hydrogen) atoms. The van der Waals surface area contributed by atoms with Crippen LogP contribution >= 0.6 is 0 Å². The lowest BCUT2D eigenvalue weighted by Gasteiger charge is -2.10. The minimum Gasteiger partial charge on any atom is -0.491 e. The predicted molar refractivity (Wildman–Crippen MR) is 92.6 cm³/mol. The molecular weight excluding hydrogens is 306 g/mol. The first-order valence-electron chi connectivity index (χ1n) is 7.69. The van der Waals surface area contributed by atoms with E-state index in [1.54, 1.807) is 19.4 Å². The highest BCUT2D eigenvalue weighted by atomic mass is 16.5. The Hall–Kier alpha value is -2.86. The second kappa shape index (κ2) is 7.61. The maximum atomic E-state index is 12.1. The van der Waals surface area contributed by atoms with E-state index < -0.39 is 0 Å². The molecular formula is C18H19N3O3. The van der Waals surface area contributed by atoms with Crippen LogP contribution < -0.4 is 15.6 Å². The summed E-state index contributed by atoms with van der Waals surface area (Å²) in [5, 5.41) is 3.26. The van der Waals surface area contributed by atoms with Crippen LogP contribution in [0.1, 0.15) is 5.69 Å². The lowest BCUT2D eigenvalue weighted by molar-refractivity contribution is 0.146. The van der Waals surface area contributed by atoms with Crippen LogP contribution in [0.5, 0.6) is 5.75 Å². The molecule has 3 aromatic rings. The summed E-state index contributed by atoms with van der Waals surface area (Å²) >= 11 is 0. The van der Waals surface area contributed by atoms with Crippen LogP contribution in [0.4, 0.5) is 5.69 Å². The molecule has 6 nitrogen and oxygen atoms in total. The second-order valence-corrected chi connectivity index (χ2v) is 5.24. The van der Waals surface area contributed by atoms with Gasteiger partial charge in [0, 0.05) is 31.1 Å². The molecule has 2 heterocycles. The van der Waals surface area contributed by atoms with Crippen LogP contribution in [0, 0.1) is 0 Å². The molecule has 1 aromatic carbocycles. The predicted octanol–water partition coefficient (Wildman–Crippen LogP) is 2.33. The Morgan fingerprint density at radius 1 is 1.12 bits per heavy atom. The fraction of sp³-hybridized carbons (Fsp3) is 0.222. The molecule has 0 atom stereocenters. The summed E-state index contributed by atoms with van der Waals surface area (Å²) in [5.74, 6) is 0.767. The standard InChI is InChI=1S/C18H19N3O3/c1-23-9-10-24-16-6-4-5-14(11-16)19-13-15-12-18(22)21-8-3-2-7-17(21)20-15/h2-8,11-12,19H,9-10,13H2,1H3. The van der Waals surface area contributed by atoms with E-state index in [1.807, 2.05) is 42.5 Å². The zero-order valence-electron chi connectivity index (χ0n) is 13.4. The normalized spacial score (nSPS) is 10.7. The molecule has 0 unspecified atom stereocenters. The van der Waals surface area contributed by atoms with Gasteiger partial charge in [-0.15, -0.1) is 0 Å². The highest BCUT2D eigenvalue weighted by Gasteiger charge is 2.02. The quantitative estimate of drug-likeness (QED) is 0.676. The van der Waals surface area contributed by atoms with Crippen molar-refractivity contribution in [1.29, 1.82) is 0 Å². The van der Waals surface area contributed by atoms with Gasteiger partial charge in [-0.3, -0.25) is 9.20 Å². The molecule has 2 aromatic heterocycles. The number of ether oxygens (including phenoxy) is 2. The molecule has 0 fully saturated rings. The largest absolute Gasteiger partial charge is 0.491 e. The topological polar surface area (TPSA) is 64.9 Å². The van der Waals surface area contributed by atoms with Crippen LogP contribution in [0.3, 0.4) is 0 Å². The first-order valence-corrected chi connectivity index (χ1v) is 7.69. The number of rotatable bonds is 7. The van der Waals surface area contributed by atoms with E-state index >= 15 is 0 Å². The smallest absolute Gasteiger partial charge is 0.258 e. The van der Waals surface area contributed by atoms with E-state index in [-0.39, 0.29) is 5.56 Å². The Labute approximate surface area is 139 Å². The highest BCUT2D eigenvalue weighted by Crippen LogP contribution is 2.17. The molecule has 0 saturated heterocycles. The van der Waals surface area contributed by atoms with E-state index in [0.29, 0.717) is 31.1 Å². The van der Waals surface area contributed by atoms with Crippen molar-refractivity contribution >= 4 is 11.3 Å². The minimum atomic E-state index is -0.0888. The fourth-order valence-electron chi connectivity index (χ4n) is 2.32. The number of anilines is 1. The number of hydrogen-bond acceptors (Lipinski definition) is 5. The number of hydrogen-bond donors (Lipinski definition) is 1. The number of pyridine rings is 1. The monoisotopic (exact) mass is 325 g/mol. The lowest BCUT2D eigenvalue weighted by atomic mass is 10.3. The summed E-state index contributed by atoms with van der Waals surface area (Å²) in [7, 11) is 1.64. The van der Waals surface area contributed by atoms with Crippen molar-refractivity contribution in [1.82, 2.24) is 9.38 Å². The Bertz CT molecular complexity index is 877. The maximum absolute atomic E-state index is 12.1. The fourth-order valence-corrected chi connectivity index (χ4v) is 2.32. The molecule has 0 saturated carbocycles. The minimum absolute atomic E-state index is 0.0888. The maximum Gasteiger partial charge on any atom is 0.258 e. The van der Waals surface area contributed by atoms with Crippen molar-refractivity contribution < 1.29 is 9.47 Å². The van der Waals surface area contributed by atoms with Crippen molar-refractivity contribution in [2.75, 3.05) is 25.6 Å². The van der Waals surface area contributed by atoms with Gasteiger partial charge in [-0.2, -0.15) is 0 Å². The van der Waals surface area contributed by atoms with Gasteiger partial charge in [-0.05, 0) is 24.3 Å². The Morgan fingerprint density at radius 2 is 2.04 bits per heavy atom. The van der Waals surface area contributed by atoms with Gasteiger partial charge in [0.25, 0.3) is 5.56 Å². The molecule has 0 radical (unpaired) electrons. The van der Waals surface area contributed by atoms with Crippen LogP contribution in [0.25, 0.3) is 5.65 Å².